The van der Waals surface area contributed by atoms with E-state index in [0.29, 0.717) is 5.56 Å². The summed E-state index contributed by atoms with van der Waals surface area (Å²) in [6.45, 7) is 4.59. The molecule has 0 saturated carbocycles. The first-order chi connectivity index (χ1) is 26.2. The van der Waals surface area contributed by atoms with Crippen molar-refractivity contribution in [3.63, 3.8) is 0 Å². The summed E-state index contributed by atoms with van der Waals surface area (Å²) in [4.78, 5) is 1.88. The third kappa shape index (κ3) is 5.02. The highest BCUT2D eigenvalue weighted by atomic mass is 15.1. The highest BCUT2D eigenvalue weighted by Crippen LogP contribution is 2.52. The van der Waals surface area contributed by atoms with Crippen LogP contribution < -0.4 is 4.90 Å². The second kappa shape index (κ2) is 12.1. The number of hydrogen-bond donors (Lipinski definition) is 0. The molecule has 0 atom stereocenters. The maximum absolute atomic E-state index is 9.41. The Balaban J connectivity index is 1.23. The first-order valence-electron chi connectivity index (χ1n) is 19.1. The van der Waals surface area contributed by atoms with Crippen molar-refractivity contribution >= 4 is 27.8 Å². The number of fused-ring (bicyclic) bond motifs is 4. The molecule has 8 aromatic carbocycles. The summed E-state index contributed by atoms with van der Waals surface area (Å²) in [6.07, 6.45) is 0. The summed E-state index contributed by atoms with van der Waals surface area (Å²) >= 11 is 0. The summed E-state index contributed by atoms with van der Waals surface area (Å²) in [6, 6.07) is 55.1. The second-order valence-electron chi connectivity index (χ2n) is 13.4. The lowest BCUT2D eigenvalue weighted by molar-refractivity contribution is 0.662. The fourth-order valence-corrected chi connectivity index (χ4v) is 7.74. The average molecular weight is 644 g/mol. The van der Waals surface area contributed by atoms with E-state index in [0.717, 1.165) is 38.8 Å². The molecule has 1 nitrogen and oxygen atoms in total. The first kappa shape index (κ1) is 25.8. The number of anilines is 3. The molecule has 0 amide bonds. The van der Waals surface area contributed by atoms with E-state index in [2.05, 4.69) is 111 Å². The molecule has 0 unspecified atom stereocenters. The van der Waals surface area contributed by atoms with Gasteiger partial charge in [0.1, 0.15) is 0 Å². The van der Waals surface area contributed by atoms with E-state index in [4.69, 9.17) is 0 Å². The Morgan fingerprint density at radius 1 is 0.420 bits per heavy atom. The van der Waals surface area contributed by atoms with Gasteiger partial charge in [-0.1, -0.05) is 165 Å². The Bertz CT molecular complexity index is 2700. The van der Waals surface area contributed by atoms with Crippen molar-refractivity contribution in [3.8, 4) is 44.5 Å². The van der Waals surface area contributed by atoms with Gasteiger partial charge in [0, 0.05) is 22.5 Å². The lowest BCUT2D eigenvalue weighted by Crippen LogP contribution is -2.16. The molecule has 0 bridgehead atoms. The largest absolute Gasteiger partial charge is 0.310 e. The number of rotatable bonds is 6. The van der Waals surface area contributed by atoms with E-state index < -0.39 is 0 Å². The van der Waals surface area contributed by atoms with Gasteiger partial charge >= 0.3 is 0 Å². The van der Waals surface area contributed by atoms with Crippen molar-refractivity contribution in [2.24, 2.45) is 0 Å². The van der Waals surface area contributed by atoms with Gasteiger partial charge in [0.15, 0.2) is 0 Å². The van der Waals surface area contributed by atoms with Crippen LogP contribution in [0.5, 0.6) is 0 Å². The summed E-state index contributed by atoms with van der Waals surface area (Å²) < 4.78 is 37.2. The number of benzene rings is 8. The van der Waals surface area contributed by atoms with E-state index in [-0.39, 0.29) is 40.8 Å². The maximum atomic E-state index is 9.41. The third-order valence-electron chi connectivity index (χ3n) is 10.1. The maximum Gasteiger partial charge on any atom is 0.0645 e. The van der Waals surface area contributed by atoms with Gasteiger partial charge in [-0.3, -0.25) is 0 Å². The van der Waals surface area contributed by atoms with Gasteiger partial charge in [0.25, 0.3) is 0 Å². The van der Waals surface area contributed by atoms with Crippen LogP contribution >= 0.6 is 0 Å². The van der Waals surface area contributed by atoms with E-state index in [9.17, 15) is 5.48 Å². The van der Waals surface area contributed by atoms with Gasteiger partial charge in [-0.15, -0.1) is 0 Å². The molecular weight excluding hydrogens is 603 g/mol. The van der Waals surface area contributed by atoms with Gasteiger partial charge in [-0.25, -0.2) is 0 Å². The molecule has 0 saturated heterocycles. The smallest absolute Gasteiger partial charge is 0.0645 e. The molecule has 0 radical (unpaired) electrons. The third-order valence-corrected chi connectivity index (χ3v) is 10.1. The number of nitrogens with zero attached hydrogens (tertiary/aromatic N) is 1. The fourth-order valence-electron chi connectivity index (χ4n) is 7.74. The van der Waals surface area contributed by atoms with Crippen LogP contribution in [-0.2, 0) is 5.41 Å². The minimum Gasteiger partial charge on any atom is -0.310 e. The Hall–Kier alpha value is -6.18. The second-order valence-corrected chi connectivity index (χ2v) is 13.4. The molecule has 238 valence electrons. The SMILES string of the molecule is [2H]c1c([2H])c(N(c2ccc(-c3cccc4c3C(C)(C)c3ccccc3-4)cc2)c2cccc(-c3cccc4ccccc34)c2)c([2H])c([2H])c1-c1ccccc1. The molecule has 0 aliphatic heterocycles. The standard InChI is InChI=1S/C49H37N/c1-49(2)47-24-9-8-20-45(47)46-23-12-22-44(48(46)49)37-27-31-40(32-28-37)50(39-29-25-35(26-30-39)34-13-4-3-5-14-34)41-18-10-17-38(33-41)43-21-11-16-36-15-6-7-19-42(36)43/h3-33H,1-2H3/i25D,26D,29D,30D. The normalized spacial score (nSPS) is 13.9. The van der Waals surface area contributed by atoms with Gasteiger partial charge < -0.3 is 4.90 Å². The monoisotopic (exact) mass is 643 g/mol. The van der Waals surface area contributed by atoms with Crippen molar-refractivity contribution in [2.45, 2.75) is 19.3 Å². The van der Waals surface area contributed by atoms with E-state index in [1.165, 1.54) is 27.8 Å². The average Bonchev–Trinajstić information content (AvgIpc) is 3.45. The van der Waals surface area contributed by atoms with Crippen LogP contribution in [0.3, 0.4) is 0 Å². The fraction of sp³-hybridized carbons (Fsp3) is 0.0612. The first-order valence-corrected chi connectivity index (χ1v) is 17.1. The highest BCUT2D eigenvalue weighted by molar-refractivity contribution is 5.97. The van der Waals surface area contributed by atoms with E-state index >= 15 is 0 Å². The zero-order chi connectivity index (χ0) is 37.1. The highest BCUT2D eigenvalue weighted by Gasteiger charge is 2.37. The molecule has 1 heteroatoms. The van der Waals surface area contributed by atoms with Crippen LogP contribution in [-0.4, -0.2) is 0 Å². The summed E-state index contributed by atoms with van der Waals surface area (Å²) in [5, 5.41) is 2.27. The minimum absolute atomic E-state index is 0.0781. The molecule has 1 aliphatic carbocycles. The quantitative estimate of drug-likeness (QED) is 0.174. The van der Waals surface area contributed by atoms with Crippen molar-refractivity contribution in [2.75, 3.05) is 4.90 Å². The van der Waals surface area contributed by atoms with Crippen LogP contribution in [0.2, 0.25) is 0 Å². The molecule has 0 spiro atoms. The van der Waals surface area contributed by atoms with E-state index in [1.54, 1.807) is 0 Å². The molecular formula is C49H37N. The predicted molar refractivity (Wildman–Crippen MR) is 213 cm³/mol. The van der Waals surface area contributed by atoms with Crippen molar-refractivity contribution in [3.05, 3.63) is 199 Å². The zero-order valence-corrected chi connectivity index (χ0v) is 28.0. The summed E-state index contributed by atoms with van der Waals surface area (Å²) in [7, 11) is 0. The van der Waals surface area contributed by atoms with Gasteiger partial charge in [0.2, 0.25) is 0 Å². The van der Waals surface area contributed by atoms with Crippen molar-refractivity contribution < 1.29 is 5.48 Å². The zero-order valence-electron chi connectivity index (χ0n) is 32.0. The molecule has 0 N–H and O–H groups in total. The molecule has 0 heterocycles. The Morgan fingerprint density at radius 3 is 1.88 bits per heavy atom. The van der Waals surface area contributed by atoms with Gasteiger partial charge in [-0.05, 0) is 103 Å². The molecule has 1 aliphatic rings. The predicted octanol–water partition coefficient (Wildman–Crippen LogP) is 13.6. The van der Waals surface area contributed by atoms with Crippen LogP contribution in [0, 0.1) is 0 Å². The lowest BCUT2D eigenvalue weighted by Gasteiger charge is -2.27. The van der Waals surface area contributed by atoms with Crippen LogP contribution in [0.4, 0.5) is 17.1 Å². The van der Waals surface area contributed by atoms with Gasteiger partial charge in [0.05, 0.1) is 5.48 Å². The Labute approximate surface area is 300 Å². The molecule has 9 rings (SSSR count). The molecule has 50 heavy (non-hydrogen) atoms. The summed E-state index contributed by atoms with van der Waals surface area (Å²) in [5.74, 6) is 0. The molecule has 0 fully saturated rings. The molecule has 8 aromatic rings. The van der Waals surface area contributed by atoms with Crippen LogP contribution in [0.1, 0.15) is 30.5 Å². The van der Waals surface area contributed by atoms with Crippen LogP contribution in [0.15, 0.2) is 188 Å². The van der Waals surface area contributed by atoms with Gasteiger partial charge in [-0.2, -0.15) is 0 Å². The van der Waals surface area contributed by atoms with Crippen molar-refractivity contribution in [1.82, 2.24) is 0 Å². The Kier molecular flexibility index (Phi) is 6.22. The minimum atomic E-state index is -0.176. The molecule has 0 aromatic heterocycles. The summed E-state index contributed by atoms with van der Waals surface area (Å²) in [5.41, 5.74) is 11.9. The van der Waals surface area contributed by atoms with E-state index in [1.807, 2.05) is 71.6 Å². The number of hydrogen-bond acceptors (Lipinski definition) is 1. The van der Waals surface area contributed by atoms with Crippen LogP contribution in [0.25, 0.3) is 55.3 Å². The van der Waals surface area contributed by atoms with Crippen molar-refractivity contribution in [1.29, 1.82) is 0 Å². The lowest BCUT2D eigenvalue weighted by atomic mass is 9.79. The topological polar surface area (TPSA) is 3.24 Å². The Morgan fingerprint density at radius 2 is 1.04 bits per heavy atom.